The summed E-state index contributed by atoms with van der Waals surface area (Å²) in [5.74, 6) is -0.981. The minimum absolute atomic E-state index is 0.000470. The monoisotopic (exact) mass is 632 g/mol. The van der Waals surface area contributed by atoms with Gasteiger partial charge in [0.1, 0.15) is 18.5 Å². The molecule has 8 heteroatoms. The molecule has 1 aliphatic heterocycles. The Balaban J connectivity index is 1.76. The number of esters is 1. The third kappa shape index (κ3) is 14.8. The summed E-state index contributed by atoms with van der Waals surface area (Å²) in [5.41, 5.74) is 3.82. The van der Waals surface area contributed by atoms with E-state index in [1.165, 1.54) is 6.08 Å². The Labute approximate surface area is 275 Å². The maximum atomic E-state index is 13.2. The predicted molar refractivity (Wildman–Crippen MR) is 183 cm³/mol. The van der Waals surface area contributed by atoms with Gasteiger partial charge in [0.15, 0.2) is 0 Å². The fraction of sp³-hybridized carbons (Fsp3) is 0.474. The van der Waals surface area contributed by atoms with Crippen molar-refractivity contribution in [3.05, 3.63) is 101 Å². The Morgan fingerprint density at radius 3 is 2.54 bits per heavy atom. The van der Waals surface area contributed by atoms with Gasteiger partial charge in [0.2, 0.25) is 0 Å². The molecule has 8 nitrogen and oxygen atoms in total. The number of amides is 1. The van der Waals surface area contributed by atoms with Gasteiger partial charge in [0, 0.05) is 30.5 Å². The number of cyclic esters (lactones) is 1. The van der Waals surface area contributed by atoms with Gasteiger partial charge in [-0.25, -0.2) is 9.59 Å². The molecule has 250 valence electrons. The highest BCUT2D eigenvalue weighted by atomic mass is 16.5. The summed E-state index contributed by atoms with van der Waals surface area (Å²) in [6.07, 6.45) is 19.5. The van der Waals surface area contributed by atoms with E-state index in [9.17, 15) is 19.5 Å². The van der Waals surface area contributed by atoms with Gasteiger partial charge >= 0.3 is 12.1 Å². The van der Waals surface area contributed by atoms with Crippen LogP contribution >= 0.6 is 0 Å². The molecule has 0 saturated carbocycles. The van der Waals surface area contributed by atoms with Crippen LogP contribution < -0.4 is 5.32 Å². The normalized spacial score (nSPS) is 19.4. The third-order valence-corrected chi connectivity index (χ3v) is 7.84. The smallest absolute Gasteiger partial charge is 0.407 e. The van der Waals surface area contributed by atoms with Crippen molar-refractivity contribution >= 4 is 17.8 Å². The first-order valence-electron chi connectivity index (χ1n) is 16.1. The van der Waals surface area contributed by atoms with E-state index in [1.54, 1.807) is 13.1 Å². The zero-order valence-corrected chi connectivity index (χ0v) is 28.4. The lowest BCUT2D eigenvalue weighted by molar-refractivity contribution is -0.141. The Hall–Kier alpha value is -4.04. The van der Waals surface area contributed by atoms with Crippen LogP contribution in [0.4, 0.5) is 4.79 Å². The Morgan fingerprint density at radius 1 is 1.11 bits per heavy atom. The number of carbonyl (C=O) groups excluding carboxylic acids is 3. The van der Waals surface area contributed by atoms with Gasteiger partial charge in [-0.1, -0.05) is 86.9 Å². The number of ketones is 1. The molecule has 46 heavy (non-hydrogen) atoms. The fourth-order valence-electron chi connectivity index (χ4n) is 5.25. The molecule has 0 unspecified atom stereocenters. The van der Waals surface area contributed by atoms with Crippen molar-refractivity contribution in [3.8, 4) is 0 Å². The average Bonchev–Trinajstić information content (AvgIpc) is 3.02. The molecule has 6 atom stereocenters. The summed E-state index contributed by atoms with van der Waals surface area (Å²) in [6, 6.07) is 5.48. The molecule has 0 aliphatic carbocycles. The number of rotatable bonds is 17. The molecule has 0 aromatic carbocycles. The number of aromatic nitrogens is 1. The van der Waals surface area contributed by atoms with Crippen molar-refractivity contribution in [2.75, 3.05) is 6.61 Å². The number of carbonyl (C=O) groups is 3. The number of nitrogens with one attached hydrogen (secondary N) is 1. The molecule has 1 aromatic rings. The van der Waals surface area contributed by atoms with Crippen LogP contribution in [0.15, 0.2) is 95.8 Å². The van der Waals surface area contributed by atoms with Crippen molar-refractivity contribution in [1.82, 2.24) is 10.3 Å². The second-order valence-electron chi connectivity index (χ2n) is 12.4. The van der Waals surface area contributed by atoms with E-state index in [4.69, 9.17) is 9.47 Å². The van der Waals surface area contributed by atoms with E-state index in [0.29, 0.717) is 18.8 Å². The number of hydrogen-bond donors (Lipinski definition) is 2. The number of Topliss-reactive ketones (excluding diaryl/α,β-unsaturated/α-hetero) is 1. The maximum absolute atomic E-state index is 13.2. The number of pyridine rings is 1. The van der Waals surface area contributed by atoms with Crippen LogP contribution in [0, 0.1) is 23.7 Å². The van der Waals surface area contributed by atoms with E-state index < -0.39 is 18.1 Å². The van der Waals surface area contributed by atoms with Gasteiger partial charge in [0.25, 0.3) is 0 Å². The van der Waals surface area contributed by atoms with Crippen LogP contribution in [0.25, 0.3) is 0 Å². The van der Waals surface area contributed by atoms with Gasteiger partial charge in [-0.3, -0.25) is 9.78 Å². The average molecular weight is 633 g/mol. The van der Waals surface area contributed by atoms with Crippen LogP contribution in [-0.2, 0) is 25.6 Å². The van der Waals surface area contributed by atoms with Gasteiger partial charge in [0.05, 0.1) is 18.3 Å². The van der Waals surface area contributed by atoms with Gasteiger partial charge in [-0.05, 0) is 69.7 Å². The van der Waals surface area contributed by atoms with Crippen LogP contribution in [0.1, 0.15) is 73.4 Å². The van der Waals surface area contributed by atoms with E-state index in [2.05, 4.69) is 29.4 Å². The number of allylic oxidation sites excluding steroid dienone is 8. The summed E-state index contributed by atoms with van der Waals surface area (Å²) < 4.78 is 10.5. The first kappa shape index (κ1) is 38.1. The van der Waals surface area contributed by atoms with Crippen LogP contribution in [0.3, 0.4) is 0 Å². The molecule has 2 heterocycles. The molecule has 2 rings (SSSR count). The maximum Gasteiger partial charge on any atom is 0.407 e. The molecule has 0 fully saturated rings. The minimum atomic E-state index is -0.795. The van der Waals surface area contributed by atoms with Gasteiger partial charge in [-0.15, -0.1) is 0 Å². The number of aliphatic hydroxyl groups is 1. The van der Waals surface area contributed by atoms with Crippen LogP contribution in [0.5, 0.6) is 0 Å². The number of ether oxygens (including phenoxy) is 2. The summed E-state index contributed by atoms with van der Waals surface area (Å²) in [7, 11) is 0. The quantitative estimate of drug-likeness (QED) is 0.105. The number of hydrogen-bond acceptors (Lipinski definition) is 7. The second-order valence-corrected chi connectivity index (χ2v) is 12.4. The Kier molecular flexibility index (Phi) is 16.7. The van der Waals surface area contributed by atoms with Crippen molar-refractivity contribution in [1.29, 1.82) is 0 Å². The first-order chi connectivity index (χ1) is 21.8. The van der Waals surface area contributed by atoms with Gasteiger partial charge in [-0.2, -0.15) is 0 Å². The topological polar surface area (TPSA) is 115 Å². The SMILES string of the molecule is CC(=C/[C@H](C)C/C=C/C(C)=C/[C@@H](C)C(=O)[C@@H](C)[C@H](O)[C@@H](C)C/C(C)=C/COC(=O)NCc1ccccn1)/C=C/[C@H]1CC=CC(=O)O1. The van der Waals surface area contributed by atoms with E-state index in [-0.39, 0.29) is 42.8 Å². The molecule has 0 spiro atoms. The highest BCUT2D eigenvalue weighted by molar-refractivity contribution is 5.85. The molecule has 0 bridgehead atoms. The zero-order valence-electron chi connectivity index (χ0n) is 28.4. The molecule has 0 saturated heterocycles. The van der Waals surface area contributed by atoms with Crippen molar-refractivity contribution in [3.63, 3.8) is 0 Å². The highest BCUT2D eigenvalue weighted by Gasteiger charge is 2.29. The van der Waals surface area contributed by atoms with E-state index >= 15 is 0 Å². The molecule has 0 radical (unpaired) electrons. The fourth-order valence-corrected chi connectivity index (χ4v) is 5.25. The van der Waals surface area contributed by atoms with Gasteiger partial charge < -0.3 is 19.9 Å². The minimum Gasteiger partial charge on any atom is -0.455 e. The predicted octanol–water partition coefficient (Wildman–Crippen LogP) is 7.39. The number of nitrogens with zero attached hydrogens (tertiary/aromatic N) is 1. The second kappa shape index (κ2) is 20.2. The van der Waals surface area contributed by atoms with E-state index in [0.717, 1.165) is 28.8 Å². The Morgan fingerprint density at radius 2 is 1.85 bits per heavy atom. The standard InChI is InChI=1S/C38H52N2O6/c1-26(22-28(3)17-18-34-15-11-16-35(41)46-34)12-10-13-27(2)23-30(5)36(42)32(7)37(43)31(6)24-29(4)19-21-45-38(44)40-25-33-14-8-9-20-39-33/h8-11,13-14,16-20,22-23,26,30-32,34,37,43H,12,15,21,24-25H2,1-7H3,(H,40,44)/b13-10+,18-17+,27-23+,28-22-,29-19+/t26-,30-,31+,32-,34-,37-/m1/s1. The lowest BCUT2D eigenvalue weighted by Crippen LogP contribution is -2.34. The summed E-state index contributed by atoms with van der Waals surface area (Å²) in [4.78, 5) is 40.6. The summed E-state index contributed by atoms with van der Waals surface area (Å²) >= 11 is 0. The third-order valence-electron chi connectivity index (χ3n) is 7.84. The lowest BCUT2D eigenvalue weighted by atomic mass is 9.83. The Bertz CT molecular complexity index is 1320. The zero-order chi connectivity index (χ0) is 34.1. The molecular weight excluding hydrogens is 580 g/mol. The highest BCUT2D eigenvalue weighted by Crippen LogP contribution is 2.24. The van der Waals surface area contributed by atoms with Crippen molar-refractivity contribution in [2.45, 2.75) is 86.5 Å². The summed E-state index contributed by atoms with van der Waals surface area (Å²) in [6.45, 7) is 14.1. The first-order valence-corrected chi connectivity index (χ1v) is 16.1. The molecule has 1 aromatic heterocycles. The van der Waals surface area contributed by atoms with E-state index in [1.807, 2.05) is 89.3 Å². The molecule has 2 N–H and O–H groups in total. The van der Waals surface area contributed by atoms with Crippen molar-refractivity contribution < 1.29 is 29.0 Å². The number of alkyl carbamates (subject to hydrolysis) is 1. The summed E-state index contributed by atoms with van der Waals surface area (Å²) in [5, 5.41) is 13.6. The van der Waals surface area contributed by atoms with Crippen LogP contribution in [0.2, 0.25) is 0 Å². The van der Waals surface area contributed by atoms with Crippen molar-refractivity contribution in [2.24, 2.45) is 23.7 Å². The number of aliphatic hydroxyl groups excluding tert-OH is 1. The lowest BCUT2D eigenvalue weighted by Gasteiger charge is -2.26. The molecule has 1 aliphatic rings. The molecular formula is C38H52N2O6. The largest absolute Gasteiger partial charge is 0.455 e. The molecule has 1 amide bonds. The van der Waals surface area contributed by atoms with Crippen LogP contribution in [-0.4, -0.2) is 46.8 Å².